The van der Waals surface area contributed by atoms with Crippen molar-refractivity contribution in [3.63, 3.8) is 0 Å². The number of quaternary nitrogens is 1. The number of nitrogens with zero attached hydrogens (tertiary/aromatic N) is 1. The molecule has 0 heterocycles. The van der Waals surface area contributed by atoms with E-state index in [2.05, 4.69) is 9.84 Å². The van der Waals surface area contributed by atoms with Crippen molar-refractivity contribution in [2.45, 2.75) is 19.5 Å². The van der Waals surface area contributed by atoms with E-state index in [1.54, 1.807) is 0 Å². The molecule has 8 heteroatoms. The van der Waals surface area contributed by atoms with Crippen molar-refractivity contribution in [3.05, 3.63) is 35.0 Å². The first-order valence-corrected chi connectivity index (χ1v) is 5.56. The van der Waals surface area contributed by atoms with Crippen LogP contribution in [0, 0.1) is 5.21 Å². The van der Waals surface area contributed by atoms with E-state index < -0.39 is 22.9 Å². The largest absolute Gasteiger partial charge is 0.601 e. The first-order chi connectivity index (χ1) is 9.24. The number of ether oxygens (including phenoxy) is 1. The van der Waals surface area contributed by atoms with E-state index in [9.17, 15) is 23.2 Å². The Balaban J connectivity index is 2.90. The van der Waals surface area contributed by atoms with Crippen LogP contribution in [0.3, 0.4) is 0 Å². The molecule has 5 nitrogen and oxygen atoms in total. The van der Waals surface area contributed by atoms with Crippen LogP contribution < -0.4 is 5.17 Å². The van der Waals surface area contributed by atoms with Crippen molar-refractivity contribution in [1.29, 1.82) is 0 Å². The van der Waals surface area contributed by atoms with Gasteiger partial charge in [0.1, 0.15) is 0 Å². The van der Waals surface area contributed by atoms with E-state index >= 15 is 0 Å². The lowest BCUT2D eigenvalue weighted by Crippen LogP contribution is -2.97. The van der Waals surface area contributed by atoms with E-state index in [-0.39, 0.29) is 17.8 Å². The van der Waals surface area contributed by atoms with E-state index in [1.807, 2.05) is 0 Å². The molecule has 0 aliphatic rings. The predicted octanol–water partition coefficient (Wildman–Crippen LogP) is 1.66. The molecule has 0 radical (unpaired) electrons. The molecular formula is C12H13F3N2O3. The maximum Gasteiger partial charge on any atom is 0.416 e. The summed E-state index contributed by atoms with van der Waals surface area (Å²) in [6.07, 6.45) is -4.72. The van der Waals surface area contributed by atoms with Crippen molar-refractivity contribution in [2.75, 3.05) is 7.11 Å². The lowest BCUT2D eigenvalue weighted by atomic mass is 10.2. The summed E-state index contributed by atoms with van der Waals surface area (Å²) in [5.74, 6) is -0.580. The molecule has 0 fully saturated rings. The minimum absolute atomic E-state index is 0.166. The number of alkyl halides is 3. The van der Waals surface area contributed by atoms with Crippen LogP contribution in [-0.2, 0) is 15.7 Å². The fourth-order valence-electron chi connectivity index (χ4n) is 1.39. The summed E-state index contributed by atoms with van der Waals surface area (Å²) in [5.41, 5.74) is -0.951. The van der Waals surface area contributed by atoms with Crippen LogP contribution in [0.15, 0.2) is 29.4 Å². The molecule has 0 aromatic heterocycles. The maximum absolute atomic E-state index is 12.5. The molecule has 1 unspecified atom stereocenters. The number of esters is 1. The van der Waals surface area contributed by atoms with Gasteiger partial charge in [-0.2, -0.15) is 13.2 Å². The monoisotopic (exact) mass is 290 g/mol. The van der Waals surface area contributed by atoms with Gasteiger partial charge in [0.15, 0.2) is 5.69 Å². The van der Waals surface area contributed by atoms with Gasteiger partial charge >= 0.3 is 12.1 Å². The Morgan fingerprint density at radius 1 is 1.45 bits per heavy atom. The summed E-state index contributed by atoms with van der Waals surface area (Å²) in [5, 5.41) is 14.4. The molecule has 0 saturated carbocycles. The summed E-state index contributed by atoms with van der Waals surface area (Å²) >= 11 is 0. The first kappa shape index (κ1) is 16.1. The average Bonchev–Trinajstić information content (AvgIpc) is 2.37. The van der Waals surface area contributed by atoms with Gasteiger partial charge in [0.05, 0.1) is 24.8 Å². The van der Waals surface area contributed by atoms with Crippen molar-refractivity contribution in [2.24, 2.45) is 5.10 Å². The highest BCUT2D eigenvalue weighted by atomic mass is 19.4. The van der Waals surface area contributed by atoms with Gasteiger partial charge in [-0.1, -0.05) is 11.2 Å². The molecule has 1 N–H and O–H groups in total. The standard InChI is InChI=1S/C12H13F3N2O3/c1-8(6-11(18)20-2)16-17(19)10-5-3-4-9(7-10)12(13,14)15/h3-5,7,17H,6H2,1-2H3. The van der Waals surface area contributed by atoms with Crippen molar-refractivity contribution in [3.8, 4) is 0 Å². The van der Waals surface area contributed by atoms with Gasteiger partial charge in [-0.25, -0.2) is 5.17 Å². The van der Waals surface area contributed by atoms with Gasteiger partial charge in [-0.3, -0.25) is 4.79 Å². The second-order valence-corrected chi connectivity index (χ2v) is 3.98. The summed E-state index contributed by atoms with van der Waals surface area (Å²) in [4.78, 5) is 11.0. The number of benzene rings is 1. The molecule has 1 aromatic rings. The number of carbonyl (C=O) groups excluding carboxylic acids is 1. The Morgan fingerprint density at radius 3 is 2.65 bits per heavy atom. The smallest absolute Gasteiger partial charge is 0.416 e. The lowest BCUT2D eigenvalue weighted by Gasteiger charge is -2.16. The summed E-state index contributed by atoms with van der Waals surface area (Å²) in [6, 6.07) is 3.94. The highest BCUT2D eigenvalue weighted by Gasteiger charge is 2.31. The highest BCUT2D eigenvalue weighted by molar-refractivity contribution is 5.97. The zero-order valence-electron chi connectivity index (χ0n) is 10.8. The number of hydrogen-bond donors (Lipinski definition) is 1. The topological polar surface area (TPSA) is 66.2 Å². The fourth-order valence-corrected chi connectivity index (χ4v) is 1.39. The summed E-state index contributed by atoms with van der Waals surface area (Å²) in [6.45, 7) is 1.42. The molecule has 1 rings (SSSR count). The van der Waals surface area contributed by atoms with Crippen LogP contribution in [0.1, 0.15) is 18.9 Å². The number of hydrogen-bond acceptors (Lipinski definition) is 4. The molecule has 0 saturated heterocycles. The number of carbonyl (C=O) groups is 1. The molecular weight excluding hydrogens is 277 g/mol. The Morgan fingerprint density at radius 2 is 2.10 bits per heavy atom. The van der Waals surface area contributed by atoms with Crippen molar-refractivity contribution in [1.82, 2.24) is 0 Å². The lowest BCUT2D eigenvalue weighted by molar-refractivity contribution is -0.783. The molecule has 0 amide bonds. The molecule has 110 valence electrons. The Kier molecular flexibility index (Phi) is 5.23. The SMILES string of the molecule is COC(=O)CC(C)=N[NH+]([O-])c1cccc(C(F)(F)F)c1. The molecule has 20 heavy (non-hydrogen) atoms. The van der Waals surface area contributed by atoms with Gasteiger partial charge in [0.2, 0.25) is 0 Å². The number of rotatable bonds is 4. The van der Waals surface area contributed by atoms with Crippen molar-refractivity contribution >= 4 is 17.4 Å². The second kappa shape index (κ2) is 6.49. The van der Waals surface area contributed by atoms with Gasteiger partial charge in [-0.15, -0.1) is 0 Å². The highest BCUT2D eigenvalue weighted by Crippen LogP contribution is 2.29. The molecule has 1 atom stereocenters. The quantitative estimate of drug-likeness (QED) is 0.521. The molecule has 0 aliphatic carbocycles. The van der Waals surface area contributed by atoms with Crippen LogP contribution in [0.2, 0.25) is 0 Å². The summed E-state index contributed by atoms with van der Waals surface area (Å²) in [7, 11) is 1.18. The van der Waals surface area contributed by atoms with Gasteiger partial charge in [0, 0.05) is 12.1 Å². The van der Waals surface area contributed by atoms with Crippen LogP contribution in [0.5, 0.6) is 0 Å². The van der Waals surface area contributed by atoms with E-state index in [1.165, 1.54) is 20.1 Å². The van der Waals surface area contributed by atoms with Gasteiger partial charge < -0.3 is 9.94 Å². The Bertz CT molecular complexity index is 515. The normalized spacial score (nSPS) is 14.0. The minimum atomic E-state index is -4.53. The number of nitrogens with one attached hydrogen (secondary N) is 1. The fraction of sp³-hybridized carbons (Fsp3) is 0.333. The third kappa shape index (κ3) is 4.63. The van der Waals surface area contributed by atoms with Crippen LogP contribution in [-0.4, -0.2) is 18.8 Å². The summed E-state index contributed by atoms with van der Waals surface area (Å²) < 4.78 is 41.9. The Labute approximate surface area is 113 Å². The third-order valence-electron chi connectivity index (χ3n) is 2.36. The van der Waals surface area contributed by atoms with Gasteiger partial charge in [-0.05, 0) is 13.0 Å². The zero-order valence-corrected chi connectivity index (χ0v) is 10.8. The van der Waals surface area contributed by atoms with Crippen LogP contribution in [0.4, 0.5) is 18.9 Å². The van der Waals surface area contributed by atoms with E-state index in [0.717, 1.165) is 18.2 Å². The Hall–Kier alpha value is -1.93. The van der Waals surface area contributed by atoms with Crippen LogP contribution >= 0.6 is 0 Å². The minimum Gasteiger partial charge on any atom is -0.601 e. The van der Waals surface area contributed by atoms with Gasteiger partial charge in [0.25, 0.3) is 0 Å². The molecule has 1 aromatic carbocycles. The third-order valence-corrected chi connectivity index (χ3v) is 2.36. The zero-order chi connectivity index (χ0) is 15.3. The van der Waals surface area contributed by atoms with E-state index in [4.69, 9.17) is 0 Å². The number of methoxy groups -OCH3 is 1. The van der Waals surface area contributed by atoms with Crippen molar-refractivity contribution < 1.29 is 27.9 Å². The van der Waals surface area contributed by atoms with Crippen LogP contribution in [0.25, 0.3) is 0 Å². The molecule has 0 spiro atoms. The number of halogens is 3. The maximum atomic E-state index is 12.5. The average molecular weight is 290 g/mol. The molecule has 0 bridgehead atoms. The van der Waals surface area contributed by atoms with E-state index in [0.29, 0.717) is 0 Å². The second-order valence-electron chi connectivity index (χ2n) is 3.98. The predicted molar refractivity (Wildman–Crippen MR) is 65.2 cm³/mol. The first-order valence-electron chi connectivity index (χ1n) is 5.56. The molecule has 0 aliphatic heterocycles.